The summed E-state index contributed by atoms with van der Waals surface area (Å²) in [7, 11) is 2.06. The third-order valence-corrected chi connectivity index (χ3v) is 6.21. The van der Waals surface area contributed by atoms with Gasteiger partial charge < -0.3 is 0 Å². The van der Waals surface area contributed by atoms with E-state index in [9.17, 15) is 0 Å². The van der Waals surface area contributed by atoms with Crippen LogP contribution in [0.3, 0.4) is 0 Å². The molecule has 0 N–H and O–H groups in total. The van der Waals surface area contributed by atoms with Crippen LogP contribution in [0.1, 0.15) is 56.0 Å². The van der Waals surface area contributed by atoms with Gasteiger partial charge in [0, 0.05) is 30.0 Å². The van der Waals surface area contributed by atoms with Gasteiger partial charge in [0.1, 0.15) is 17.3 Å². The number of fused-ring (bicyclic) bond motifs is 1. The first-order chi connectivity index (χ1) is 16.1. The minimum Gasteiger partial charge on any atom is -0.232 e. The molecule has 0 atom stereocenters. The topological polar surface area (TPSA) is 55.4 Å². The van der Waals surface area contributed by atoms with E-state index in [0.717, 1.165) is 46.8 Å². The largest absolute Gasteiger partial charge is 0.287 e. The van der Waals surface area contributed by atoms with Gasteiger partial charge in [-0.2, -0.15) is 0 Å². The Morgan fingerprint density at radius 2 is 1.47 bits per heavy atom. The highest BCUT2D eigenvalue weighted by Gasteiger charge is 2.19. The van der Waals surface area contributed by atoms with Crippen LogP contribution in [0.25, 0.3) is 33.5 Å². The van der Waals surface area contributed by atoms with Crippen LogP contribution in [0.2, 0.25) is 0 Å². The van der Waals surface area contributed by atoms with Crippen LogP contribution in [0.15, 0.2) is 36.7 Å². The average molecular weight is 455 g/mol. The Labute approximate surface area is 203 Å². The number of aromatic nitrogens is 5. The van der Waals surface area contributed by atoms with Crippen LogP contribution < -0.4 is 4.57 Å². The normalized spacial score (nSPS) is 11.7. The Bertz CT molecular complexity index is 1330. The summed E-state index contributed by atoms with van der Waals surface area (Å²) in [5.41, 5.74) is 8.22. The molecule has 0 fully saturated rings. The van der Waals surface area contributed by atoms with E-state index in [4.69, 9.17) is 19.9 Å². The summed E-state index contributed by atoms with van der Waals surface area (Å²) in [6.07, 6.45) is 3.59. The molecule has 0 unspecified atom stereocenters. The van der Waals surface area contributed by atoms with Crippen LogP contribution >= 0.6 is 0 Å². The molecule has 0 saturated carbocycles. The summed E-state index contributed by atoms with van der Waals surface area (Å²) < 4.78 is 2.12. The van der Waals surface area contributed by atoms with Crippen molar-refractivity contribution in [2.24, 2.45) is 18.9 Å². The van der Waals surface area contributed by atoms with Crippen molar-refractivity contribution in [3.8, 4) is 22.6 Å². The van der Waals surface area contributed by atoms with Crippen LogP contribution in [0, 0.1) is 32.6 Å². The molecule has 34 heavy (non-hydrogen) atoms. The fourth-order valence-electron chi connectivity index (χ4n) is 4.51. The smallest absolute Gasteiger partial charge is 0.232 e. The zero-order valence-electron chi connectivity index (χ0n) is 21.8. The van der Waals surface area contributed by atoms with Crippen molar-refractivity contribution in [1.82, 2.24) is 19.9 Å². The van der Waals surface area contributed by atoms with E-state index in [1.165, 1.54) is 27.9 Å². The Morgan fingerprint density at radius 1 is 0.824 bits per heavy atom. The number of hydrogen-bond acceptors (Lipinski definition) is 4. The Balaban J connectivity index is 1.87. The molecule has 0 aliphatic rings. The van der Waals surface area contributed by atoms with Crippen LogP contribution in [-0.2, 0) is 19.9 Å². The first-order valence-corrected chi connectivity index (χ1v) is 12.2. The van der Waals surface area contributed by atoms with E-state index in [0.29, 0.717) is 11.8 Å². The molecule has 2 aromatic carbocycles. The highest BCUT2D eigenvalue weighted by atomic mass is 15.0. The van der Waals surface area contributed by atoms with E-state index < -0.39 is 0 Å². The minimum absolute atomic E-state index is 0.490. The number of hydrogen-bond donors (Lipinski definition) is 0. The van der Waals surface area contributed by atoms with Gasteiger partial charge in [-0.25, -0.2) is 19.5 Å². The first kappa shape index (κ1) is 23.9. The average Bonchev–Trinajstić information content (AvgIpc) is 2.75. The fourth-order valence-corrected chi connectivity index (χ4v) is 4.51. The molecule has 0 radical (unpaired) electrons. The summed E-state index contributed by atoms with van der Waals surface area (Å²) in [6, 6.07) is 10.9. The van der Waals surface area contributed by atoms with Crippen molar-refractivity contribution in [2.75, 3.05) is 0 Å². The van der Waals surface area contributed by atoms with Crippen LogP contribution in [0.5, 0.6) is 0 Å². The van der Waals surface area contributed by atoms with E-state index in [2.05, 4.69) is 90.4 Å². The third-order valence-electron chi connectivity index (χ3n) is 6.21. The zero-order valence-corrected chi connectivity index (χ0v) is 21.8. The number of aryl methyl sites for hydroxylation is 3. The predicted molar refractivity (Wildman–Crippen MR) is 138 cm³/mol. The van der Waals surface area contributed by atoms with Gasteiger partial charge >= 0.3 is 0 Å². The van der Waals surface area contributed by atoms with E-state index >= 15 is 0 Å². The third kappa shape index (κ3) is 4.98. The lowest BCUT2D eigenvalue weighted by Crippen LogP contribution is -2.32. The second-order valence-electron chi connectivity index (χ2n) is 10.4. The van der Waals surface area contributed by atoms with Gasteiger partial charge in [0.25, 0.3) is 6.33 Å². The lowest BCUT2D eigenvalue weighted by atomic mass is 9.95. The Morgan fingerprint density at radius 3 is 2.09 bits per heavy atom. The zero-order chi connectivity index (χ0) is 24.6. The SMILES string of the molecule is Cc1cc(C)c(C)c(-c2c3ccc(-c4nc(CC(C)C)nc(CC(C)C)n4)cc3nc[n+]2C)c1. The van der Waals surface area contributed by atoms with E-state index in [-0.39, 0.29) is 0 Å². The molecule has 5 heteroatoms. The monoisotopic (exact) mass is 454 g/mol. The maximum atomic E-state index is 4.84. The second kappa shape index (κ2) is 9.57. The van der Waals surface area contributed by atoms with Gasteiger partial charge in [-0.1, -0.05) is 45.4 Å². The summed E-state index contributed by atoms with van der Waals surface area (Å²) in [5.74, 6) is 3.46. The lowest BCUT2D eigenvalue weighted by Gasteiger charge is -2.13. The quantitative estimate of drug-likeness (QED) is 0.340. The molecule has 5 nitrogen and oxygen atoms in total. The molecule has 0 aliphatic heterocycles. The fraction of sp³-hybridized carbons (Fsp3) is 0.414. The van der Waals surface area contributed by atoms with Crippen molar-refractivity contribution in [3.63, 3.8) is 0 Å². The molecule has 0 aliphatic carbocycles. The van der Waals surface area contributed by atoms with Gasteiger partial charge in [-0.05, 0) is 60.9 Å². The van der Waals surface area contributed by atoms with Crippen molar-refractivity contribution < 1.29 is 4.57 Å². The summed E-state index contributed by atoms with van der Waals surface area (Å²) in [5, 5.41) is 1.13. The molecular formula is C29H36N5+. The van der Waals surface area contributed by atoms with Crippen LogP contribution in [-0.4, -0.2) is 19.9 Å². The maximum Gasteiger partial charge on any atom is 0.287 e. The molecule has 2 aromatic heterocycles. The summed E-state index contributed by atoms with van der Waals surface area (Å²) in [6.45, 7) is 15.3. The molecule has 4 aromatic rings. The van der Waals surface area contributed by atoms with Gasteiger partial charge in [0.15, 0.2) is 11.3 Å². The molecule has 0 amide bonds. The second-order valence-corrected chi connectivity index (χ2v) is 10.4. The molecule has 0 spiro atoms. The van der Waals surface area contributed by atoms with E-state index in [1.54, 1.807) is 0 Å². The molecule has 0 bridgehead atoms. The molecule has 2 heterocycles. The van der Waals surface area contributed by atoms with Gasteiger partial charge in [0.2, 0.25) is 0 Å². The van der Waals surface area contributed by atoms with Gasteiger partial charge in [0.05, 0.1) is 12.4 Å². The maximum absolute atomic E-state index is 4.84. The van der Waals surface area contributed by atoms with Crippen molar-refractivity contribution >= 4 is 10.9 Å². The highest BCUT2D eigenvalue weighted by Crippen LogP contribution is 2.31. The molecule has 176 valence electrons. The minimum atomic E-state index is 0.490. The van der Waals surface area contributed by atoms with Crippen molar-refractivity contribution in [2.45, 2.75) is 61.3 Å². The number of nitrogens with zero attached hydrogens (tertiary/aromatic N) is 5. The Kier molecular flexibility index (Phi) is 6.74. The van der Waals surface area contributed by atoms with Crippen molar-refractivity contribution in [1.29, 1.82) is 0 Å². The van der Waals surface area contributed by atoms with E-state index in [1.807, 2.05) is 6.33 Å². The molecular weight excluding hydrogens is 418 g/mol. The van der Waals surface area contributed by atoms with Gasteiger partial charge in [-0.3, -0.25) is 0 Å². The highest BCUT2D eigenvalue weighted by molar-refractivity contribution is 5.93. The molecule has 0 saturated heterocycles. The predicted octanol–water partition coefficient (Wildman–Crippen LogP) is 5.90. The summed E-state index contributed by atoms with van der Waals surface area (Å²) >= 11 is 0. The Hall–Kier alpha value is -3.21. The molecule has 4 rings (SSSR count). The van der Waals surface area contributed by atoms with Crippen molar-refractivity contribution in [3.05, 3.63) is 65.0 Å². The van der Waals surface area contributed by atoms with Gasteiger partial charge in [-0.15, -0.1) is 0 Å². The first-order valence-electron chi connectivity index (χ1n) is 12.2. The number of rotatable bonds is 6. The van der Waals surface area contributed by atoms with Crippen LogP contribution in [0.4, 0.5) is 0 Å². The number of benzene rings is 2. The standard InChI is InChI=1S/C29H36N5/c1-17(2)11-26-31-27(12-18(3)4)33-29(32-26)22-9-10-23-25(15-22)30-16-34(8)28(23)24-14-19(5)13-20(6)21(24)7/h9-10,13-18H,11-12H2,1-8H3/q+1. The summed E-state index contributed by atoms with van der Waals surface area (Å²) in [4.78, 5) is 19.2. The lowest BCUT2D eigenvalue weighted by molar-refractivity contribution is -0.662.